The van der Waals surface area contributed by atoms with Crippen LogP contribution in [0.5, 0.6) is 6.01 Å². The molecule has 1 saturated heterocycles. The second-order valence-electron chi connectivity index (χ2n) is 3.82. The number of carbonyl (C=O) groups excluding carboxylic acids is 1. The molecule has 0 spiro atoms. The molecule has 2 rings (SSSR count). The average Bonchev–Trinajstić information content (AvgIpc) is 2.71. The molecule has 18 heavy (non-hydrogen) atoms. The number of anilines is 1. The summed E-state index contributed by atoms with van der Waals surface area (Å²) in [5.74, 6) is -0.0345. The minimum absolute atomic E-state index is 0.00215. The smallest absolute Gasteiger partial charge is 0.318 e. The molecular formula is C9H12N4O4S. The first kappa shape index (κ1) is 12.7. The highest BCUT2D eigenvalue weighted by molar-refractivity contribution is 7.89. The Balaban J connectivity index is 2.27. The van der Waals surface area contributed by atoms with Crippen molar-refractivity contribution in [2.45, 2.75) is 11.7 Å². The molecule has 2 heterocycles. The molecule has 1 amide bonds. The van der Waals surface area contributed by atoms with E-state index in [2.05, 4.69) is 9.97 Å². The molecule has 1 aromatic heterocycles. The first-order valence-electron chi connectivity index (χ1n) is 5.11. The van der Waals surface area contributed by atoms with Crippen molar-refractivity contribution in [1.29, 1.82) is 0 Å². The van der Waals surface area contributed by atoms with Crippen LogP contribution in [0, 0.1) is 0 Å². The molecule has 0 aromatic carbocycles. The Morgan fingerprint density at radius 1 is 1.56 bits per heavy atom. The van der Waals surface area contributed by atoms with E-state index in [0.29, 0.717) is 5.82 Å². The number of hydrogen-bond donors (Lipinski definition) is 1. The molecule has 0 radical (unpaired) electrons. The number of nitrogens with two attached hydrogens (primary N) is 1. The Hall–Kier alpha value is -1.74. The highest BCUT2D eigenvalue weighted by atomic mass is 32.2. The average molecular weight is 272 g/mol. The summed E-state index contributed by atoms with van der Waals surface area (Å²) in [4.78, 5) is 20.8. The van der Waals surface area contributed by atoms with Gasteiger partial charge in [-0.2, -0.15) is 4.98 Å². The lowest BCUT2D eigenvalue weighted by atomic mass is 10.4. The number of aromatic nitrogens is 2. The summed E-state index contributed by atoms with van der Waals surface area (Å²) in [5, 5.41) is 4.14. The SMILES string of the molecule is COc1nccc(N2CC(S(N)(=O)=O)CC2=O)n1. The molecule has 1 fully saturated rings. The second-order valence-corrected chi connectivity index (χ2v) is 5.67. The minimum atomic E-state index is -3.73. The van der Waals surface area contributed by atoms with Crippen molar-refractivity contribution in [1.82, 2.24) is 9.97 Å². The van der Waals surface area contributed by atoms with Gasteiger partial charge in [0.05, 0.1) is 7.11 Å². The summed E-state index contributed by atoms with van der Waals surface area (Å²) in [6.07, 6.45) is 1.30. The molecule has 1 aliphatic heterocycles. The van der Waals surface area contributed by atoms with Gasteiger partial charge in [-0.25, -0.2) is 18.5 Å². The van der Waals surface area contributed by atoms with E-state index in [0.717, 1.165) is 0 Å². The van der Waals surface area contributed by atoms with Crippen molar-refractivity contribution in [2.75, 3.05) is 18.6 Å². The van der Waals surface area contributed by atoms with Crippen molar-refractivity contribution in [3.63, 3.8) is 0 Å². The zero-order chi connectivity index (χ0) is 13.3. The topological polar surface area (TPSA) is 115 Å². The van der Waals surface area contributed by atoms with Gasteiger partial charge in [-0.05, 0) is 6.07 Å². The van der Waals surface area contributed by atoms with E-state index in [1.807, 2.05) is 0 Å². The third-order valence-electron chi connectivity index (χ3n) is 2.63. The van der Waals surface area contributed by atoms with Gasteiger partial charge in [-0.15, -0.1) is 0 Å². The monoisotopic (exact) mass is 272 g/mol. The summed E-state index contributed by atoms with van der Waals surface area (Å²) in [7, 11) is -2.33. The predicted octanol–water partition coefficient (Wildman–Crippen LogP) is -1.12. The van der Waals surface area contributed by atoms with Crippen molar-refractivity contribution in [2.24, 2.45) is 5.14 Å². The molecule has 1 aliphatic rings. The highest BCUT2D eigenvalue weighted by Gasteiger charge is 2.37. The summed E-state index contributed by atoms with van der Waals surface area (Å²) < 4.78 is 27.3. The van der Waals surface area contributed by atoms with E-state index in [9.17, 15) is 13.2 Å². The number of nitrogens with zero attached hydrogens (tertiary/aromatic N) is 3. The zero-order valence-electron chi connectivity index (χ0n) is 9.61. The predicted molar refractivity (Wildman–Crippen MR) is 62.4 cm³/mol. The molecule has 2 N–H and O–H groups in total. The number of ether oxygens (including phenoxy) is 1. The normalized spacial score (nSPS) is 20.2. The number of primary sulfonamides is 1. The number of rotatable bonds is 3. The van der Waals surface area contributed by atoms with Crippen LogP contribution in [0.3, 0.4) is 0 Å². The van der Waals surface area contributed by atoms with E-state index < -0.39 is 15.3 Å². The van der Waals surface area contributed by atoms with Gasteiger partial charge in [-0.3, -0.25) is 9.69 Å². The maximum atomic E-state index is 11.7. The van der Waals surface area contributed by atoms with Crippen LogP contribution in [0.1, 0.15) is 6.42 Å². The second kappa shape index (κ2) is 4.50. The van der Waals surface area contributed by atoms with Crippen LogP contribution in [0.4, 0.5) is 5.82 Å². The van der Waals surface area contributed by atoms with Crippen LogP contribution in [0.25, 0.3) is 0 Å². The van der Waals surface area contributed by atoms with Crippen molar-refractivity contribution >= 4 is 21.7 Å². The molecule has 98 valence electrons. The highest BCUT2D eigenvalue weighted by Crippen LogP contribution is 2.23. The summed E-state index contributed by atoms with van der Waals surface area (Å²) in [5.41, 5.74) is 0. The number of methoxy groups -OCH3 is 1. The molecule has 8 nitrogen and oxygen atoms in total. The molecule has 0 bridgehead atoms. The van der Waals surface area contributed by atoms with Crippen LogP contribution in [-0.4, -0.2) is 43.2 Å². The van der Waals surface area contributed by atoms with Gasteiger partial charge < -0.3 is 4.74 Å². The zero-order valence-corrected chi connectivity index (χ0v) is 10.4. The summed E-state index contributed by atoms with van der Waals surface area (Å²) in [6.45, 7) is -0.00215. The van der Waals surface area contributed by atoms with Gasteiger partial charge in [0.25, 0.3) is 0 Å². The van der Waals surface area contributed by atoms with Crippen LogP contribution < -0.4 is 14.8 Å². The number of carbonyl (C=O) groups is 1. The first-order valence-corrected chi connectivity index (χ1v) is 6.72. The van der Waals surface area contributed by atoms with Gasteiger partial charge in [0.15, 0.2) is 0 Å². The Bertz CT molecular complexity index is 574. The Labute approximate surface area is 104 Å². The van der Waals surface area contributed by atoms with E-state index in [1.54, 1.807) is 0 Å². The fourth-order valence-electron chi connectivity index (χ4n) is 1.70. The lowest BCUT2D eigenvalue weighted by molar-refractivity contribution is -0.117. The fourth-order valence-corrected chi connectivity index (χ4v) is 2.43. The standard InChI is InChI=1S/C9H12N4O4S/c1-17-9-11-3-2-7(12-9)13-5-6(4-8(13)14)18(10,15)16/h2-3,6H,4-5H2,1H3,(H2,10,15,16). The van der Waals surface area contributed by atoms with Gasteiger partial charge >= 0.3 is 6.01 Å². The minimum Gasteiger partial charge on any atom is -0.467 e. The van der Waals surface area contributed by atoms with Gasteiger partial charge in [0, 0.05) is 19.2 Å². The van der Waals surface area contributed by atoms with Gasteiger partial charge in [0.1, 0.15) is 11.1 Å². The summed E-state index contributed by atoms with van der Waals surface area (Å²) in [6, 6.07) is 1.62. The summed E-state index contributed by atoms with van der Waals surface area (Å²) >= 11 is 0. The maximum Gasteiger partial charge on any atom is 0.318 e. The largest absolute Gasteiger partial charge is 0.467 e. The van der Waals surface area contributed by atoms with E-state index >= 15 is 0 Å². The van der Waals surface area contributed by atoms with Crippen LogP contribution in [0.15, 0.2) is 12.3 Å². The van der Waals surface area contributed by atoms with E-state index in [4.69, 9.17) is 9.88 Å². The molecule has 1 atom stereocenters. The molecule has 1 aromatic rings. The third kappa shape index (κ3) is 2.41. The number of sulfonamides is 1. The lowest BCUT2D eigenvalue weighted by Crippen LogP contribution is -2.32. The Morgan fingerprint density at radius 2 is 2.28 bits per heavy atom. The maximum absolute atomic E-state index is 11.7. The van der Waals surface area contributed by atoms with E-state index in [-0.39, 0.29) is 24.9 Å². The van der Waals surface area contributed by atoms with Crippen molar-refractivity contribution in [3.8, 4) is 6.01 Å². The molecule has 0 saturated carbocycles. The van der Waals surface area contributed by atoms with Gasteiger partial charge in [-0.1, -0.05) is 0 Å². The quantitative estimate of drug-likeness (QED) is 0.745. The lowest BCUT2D eigenvalue weighted by Gasteiger charge is -2.15. The van der Waals surface area contributed by atoms with Crippen LogP contribution >= 0.6 is 0 Å². The van der Waals surface area contributed by atoms with E-state index in [1.165, 1.54) is 24.3 Å². The Morgan fingerprint density at radius 3 is 2.83 bits per heavy atom. The van der Waals surface area contributed by atoms with Crippen LogP contribution in [-0.2, 0) is 14.8 Å². The Kier molecular flexibility index (Phi) is 3.18. The molecule has 0 aliphatic carbocycles. The van der Waals surface area contributed by atoms with Crippen molar-refractivity contribution < 1.29 is 17.9 Å². The number of amides is 1. The molecule has 9 heteroatoms. The molecule has 1 unspecified atom stereocenters. The number of hydrogen-bond acceptors (Lipinski definition) is 6. The molecular weight excluding hydrogens is 260 g/mol. The van der Waals surface area contributed by atoms with Crippen molar-refractivity contribution in [3.05, 3.63) is 12.3 Å². The fraction of sp³-hybridized carbons (Fsp3) is 0.444. The first-order chi connectivity index (χ1) is 8.41. The van der Waals surface area contributed by atoms with Gasteiger partial charge in [0.2, 0.25) is 15.9 Å². The third-order valence-corrected chi connectivity index (χ3v) is 3.88. The van der Waals surface area contributed by atoms with Crippen LogP contribution in [0.2, 0.25) is 0 Å².